The van der Waals surface area contributed by atoms with E-state index < -0.39 is 0 Å². The number of carbonyl (C=O) groups excluding carboxylic acids is 1. The largest absolute Gasteiger partial charge is 0.394 e. The zero-order valence-electron chi connectivity index (χ0n) is 17.7. The molecule has 0 saturated heterocycles. The maximum Gasteiger partial charge on any atom is 0.220 e. The zero-order chi connectivity index (χ0) is 20.7. The molecule has 0 saturated carbocycles. The van der Waals surface area contributed by atoms with Gasteiger partial charge in [0.2, 0.25) is 5.91 Å². The summed E-state index contributed by atoms with van der Waals surface area (Å²) in [6, 6.07) is -0.169. The predicted molar refractivity (Wildman–Crippen MR) is 122 cm³/mol. The Bertz CT molecular complexity index is 539. The van der Waals surface area contributed by atoms with Gasteiger partial charge in [-0.3, -0.25) is 4.79 Å². The molecule has 0 bridgehead atoms. The first-order valence-electron chi connectivity index (χ1n) is 10.5. The standard InChI is InChI=1S/C25H39NO2/c1-3-4-5-6-7-8-9-10-11-12-13-14-15-16-17-18-19-20-21-22-25(28)26-24(2)23-27/h4-5,7-8,10-11,13-14,16-17,19-20,24,27H,3,6,9,12,15,18,21-23H2,1-2H3,(H,26,28)/b5-4-,8-7-,11-10-,14-13-,17-16-,20-19-/t24-/m0/s1. The summed E-state index contributed by atoms with van der Waals surface area (Å²) in [4.78, 5) is 11.5. The van der Waals surface area contributed by atoms with Gasteiger partial charge in [-0.05, 0) is 51.9 Å². The van der Waals surface area contributed by atoms with Crippen LogP contribution in [0, 0.1) is 0 Å². The molecule has 0 aromatic heterocycles. The maximum atomic E-state index is 11.5. The molecule has 3 heteroatoms. The van der Waals surface area contributed by atoms with Crippen LogP contribution in [0.5, 0.6) is 0 Å². The topological polar surface area (TPSA) is 49.3 Å². The molecule has 156 valence electrons. The summed E-state index contributed by atoms with van der Waals surface area (Å²) < 4.78 is 0. The van der Waals surface area contributed by atoms with Crippen LogP contribution in [0.2, 0.25) is 0 Å². The first-order valence-corrected chi connectivity index (χ1v) is 10.5. The van der Waals surface area contributed by atoms with Crippen molar-refractivity contribution < 1.29 is 9.90 Å². The molecule has 1 atom stereocenters. The number of rotatable bonds is 16. The highest BCUT2D eigenvalue weighted by Crippen LogP contribution is 1.98. The third-order valence-corrected chi connectivity index (χ3v) is 3.82. The van der Waals surface area contributed by atoms with E-state index in [0.29, 0.717) is 6.42 Å². The van der Waals surface area contributed by atoms with E-state index in [9.17, 15) is 4.79 Å². The molecule has 0 aliphatic rings. The number of aliphatic hydroxyl groups excluding tert-OH is 1. The van der Waals surface area contributed by atoms with Gasteiger partial charge in [-0.2, -0.15) is 0 Å². The minimum Gasteiger partial charge on any atom is -0.394 e. The summed E-state index contributed by atoms with van der Waals surface area (Å²) in [7, 11) is 0. The number of aliphatic hydroxyl groups is 1. The summed E-state index contributed by atoms with van der Waals surface area (Å²) in [5, 5.41) is 11.6. The van der Waals surface area contributed by atoms with Crippen LogP contribution in [-0.2, 0) is 4.79 Å². The molecule has 0 fully saturated rings. The molecular weight excluding hydrogens is 346 g/mol. The second-order valence-corrected chi connectivity index (χ2v) is 6.60. The lowest BCUT2D eigenvalue weighted by molar-refractivity contribution is -0.121. The van der Waals surface area contributed by atoms with Crippen molar-refractivity contribution in [1.29, 1.82) is 0 Å². The molecule has 0 spiro atoms. The summed E-state index contributed by atoms with van der Waals surface area (Å²) in [5.41, 5.74) is 0. The number of hydrogen-bond donors (Lipinski definition) is 2. The average molecular weight is 386 g/mol. The second kappa shape index (κ2) is 21.2. The third-order valence-electron chi connectivity index (χ3n) is 3.82. The smallest absolute Gasteiger partial charge is 0.220 e. The van der Waals surface area contributed by atoms with Crippen LogP contribution in [0.4, 0.5) is 0 Å². The van der Waals surface area contributed by atoms with Crippen molar-refractivity contribution >= 4 is 5.91 Å². The molecule has 1 amide bonds. The average Bonchev–Trinajstić information content (AvgIpc) is 2.69. The Morgan fingerprint density at radius 2 is 1.14 bits per heavy atom. The van der Waals surface area contributed by atoms with Gasteiger partial charge >= 0.3 is 0 Å². The molecule has 28 heavy (non-hydrogen) atoms. The Kier molecular flexibility index (Phi) is 19.6. The number of hydrogen-bond acceptors (Lipinski definition) is 2. The molecule has 3 nitrogen and oxygen atoms in total. The van der Waals surface area contributed by atoms with Gasteiger partial charge in [0.25, 0.3) is 0 Å². The Morgan fingerprint density at radius 3 is 1.54 bits per heavy atom. The Labute approximate surface area is 172 Å². The normalized spacial score (nSPS) is 14.0. The summed E-state index contributed by atoms with van der Waals surface area (Å²) in [6.45, 7) is 3.91. The Balaban J connectivity index is 3.59. The first-order chi connectivity index (χ1) is 13.7. The fraction of sp³-hybridized carbons (Fsp3) is 0.480. The Morgan fingerprint density at radius 1 is 0.750 bits per heavy atom. The van der Waals surface area contributed by atoms with Gasteiger partial charge in [-0.1, -0.05) is 79.8 Å². The molecular formula is C25H39NO2. The number of amides is 1. The van der Waals surface area contributed by atoms with Crippen molar-refractivity contribution in [3.05, 3.63) is 72.9 Å². The van der Waals surface area contributed by atoms with Gasteiger partial charge in [0.15, 0.2) is 0 Å². The van der Waals surface area contributed by atoms with Crippen molar-refractivity contribution in [1.82, 2.24) is 5.32 Å². The molecule has 0 radical (unpaired) electrons. The first kappa shape index (κ1) is 25.9. The van der Waals surface area contributed by atoms with E-state index in [1.54, 1.807) is 6.92 Å². The number of nitrogens with one attached hydrogen (secondary N) is 1. The van der Waals surface area contributed by atoms with Crippen molar-refractivity contribution in [3.63, 3.8) is 0 Å². The number of carbonyl (C=O) groups is 1. The molecule has 2 N–H and O–H groups in total. The minimum atomic E-state index is -0.169. The summed E-state index contributed by atoms with van der Waals surface area (Å²) >= 11 is 0. The van der Waals surface area contributed by atoms with Crippen LogP contribution < -0.4 is 5.32 Å². The Hall–Kier alpha value is -2.13. The maximum absolute atomic E-state index is 11.5. The van der Waals surface area contributed by atoms with E-state index in [0.717, 1.165) is 44.9 Å². The molecule has 0 heterocycles. The minimum absolute atomic E-state index is 0.0129. The molecule has 0 aliphatic heterocycles. The van der Waals surface area contributed by atoms with E-state index in [2.05, 4.69) is 79.1 Å². The third kappa shape index (κ3) is 20.2. The highest BCUT2D eigenvalue weighted by molar-refractivity contribution is 5.76. The van der Waals surface area contributed by atoms with Gasteiger partial charge in [0.05, 0.1) is 6.61 Å². The lowest BCUT2D eigenvalue weighted by Crippen LogP contribution is -2.34. The van der Waals surface area contributed by atoms with Crippen LogP contribution >= 0.6 is 0 Å². The fourth-order valence-corrected chi connectivity index (χ4v) is 2.25. The number of allylic oxidation sites excluding steroid dienone is 12. The summed E-state index contributed by atoms with van der Waals surface area (Å²) in [5.74, 6) is -0.0129. The van der Waals surface area contributed by atoms with Gasteiger partial charge < -0.3 is 10.4 Å². The molecule has 0 unspecified atom stereocenters. The van der Waals surface area contributed by atoms with E-state index in [4.69, 9.17) is 5.11 Å². The van der Waals surface area contributed by atoms with Crippen molar-refractivity contribution in [3.8, 4) is 0 Å². The quantitative estimate of drug-likeness (QED) is 0.322. The zero-order valence-corrected chi connectivity index (χ0v) is 17.7. The van der Waals surface area contributed by atoms with Gasteiger partial charge in [0.1, 0.15) is 0 Å². The van der Waals surface area contributed by atoms with Crippen molar-refractivity contribution in [2.45, 2.75) is 71.3 Å². The van der Waals surface area contributed by atoms with E-state index in [1.807, 2.05) is 6.08 Å². The van der Waals surface area contributed by atoms with E-state index in [1.165, 1.54) is 0 Å². The predicted octanol–water partition coefficient (Wildman–Crippen LogP) is 5.96. The van der Waals surface area contributed by atoms with Gasteiger partial charge in [-0.25, -0.2) is 0 Å². The fourth-order valence-electron chi connectivity index (χ4n) is 2.25. The highest BCUT2D eigenvalue weighted by atomic mass is 16.3. The SMILES string of the molecule is CC/C=C\C/C=C\C/C=C\C/C=C\C/C=C\C/C=C\CCC(=O)N[C@@H](C)CO. The monoisotopic (exact) mass is 385 g/mol. The summed E-state index contributed by atoms with van der Waals surface area (Å²) in [6.07, 6.45) is 33.2. The molecule has 0 aromatic rings. The highest BCUT2D eigenvalue weighted by Gasteiger charge is 2.03. The molecule has 0 aromatic carbocycles. The lowest BCUT2D eigenvalue weighted by atomic mass is 10.2. The molecule has 0 aliphatic carbocycles. The van der Waals surface area contributed by atoms with Crippen LogP contribution in [0.3, 0.4) is 0 Å². The van der Waals surface area contributed by atoms with E-state index >= 15 is 0 Å². The van der Waals surface area contributed by atoms with Crippen LogP contribution in [0.1, 0.15) is 65.2 Å². The van der Waals surface area contributed by atoms with Crippen molar-refractivity contribution in [2.75, 3.05) is 6.61 Å². The molecule has 0 rings (SSSR count). The van der Waals surface area contributed by atoms with Crippen molar-refractivity contribution in [2.24, 2.45) is 0 Å². The second-order valence-electron chi connectivity index (χ2n) is 6.60. The van der Waals surface area contributed by atoms with Crippen LogP contribution in [0.15, 0.2) is 72.9 Å². The van der Waals surface area contributed by atoms with Gasteiger partial charge in [0, 0.05) is 12.5 Å². The van der Waals surface area contributed by atoms with Crippen LogP contribution in [0.25, 0.3) is 0 Å². The lowest BCUT2D eigenvalue weighted by Gasteiger charge is -2.09. The van der Waals surface area contributed by atoms with E-state index in [-0.39, 0.29) is 18.6 Å². The van der Waals surface area contributed by atoms with Crippen LogP contribution in [-0.4, -0.2) is 23.7 Å². The van der Waals surface area contributed by atoms with Gasteiger partial charge in [-0.15, -0.1) is 0 Å².